The number of piperazine rings is 1. The van der Waals surface area contributed by atoms with Gasteiger partial charge < -0.3 is 20.3 Å². The molecule has 2 aromatic rings. The summed E-state index contributed by atoms with van der Waals surface area (Å²) in [5.74, 6) is 0.738. The molecular weight excluding hydrogens is 423 g/mol. The summed E-state index contributed by atoms with van der Waals surface area (Å²) in [6.45, 7) is 2.33. The standard InChI is InChI=1S/C25H31FN4O3/c1-33-22-12-10-20(11-13-22)27-24(31)23(18-4-2-3-5-18)29-14-16-30(17-15-29)25(32)28-21-8-6-19(26)7-9-21/h6-13,18,23H,2-5,14-17H2,1H3,(H,27,31)(H,28,32). The van der Waals surface area contributed by atoms with Crippen LogP contribution in [0.4, 0.5) is 20.6 Å². The zero-order valence-electron chi connectivity index (χ0n) is 18.9. The van der Waals surface area contributed by atoms with E-state index in [9.17, 15) is 14.0 Å². The summed E-state index contributed by atoms with van der Waals surface area (Å²) in [5.41, 5.74) is 1.31. The minimum Gasteiger partial charge on any atom is -0.497 e. The van der Waals surface area contributed by atoms with Crippen molar-refractivity contribution in [2.75, 3.05) is 43.9 Å². The molecule has 8 heteroatoms. The Hall–Kier alpha value is -3.13. The van der Waals surface area contributed by atoms with Gasteiger partial charge in [-0.05, 0) is 67.3 Å². The summed E-state index contributed by atoms with van der Waals surface area (Å²) in [7, 11) is 1.61. The van der Waals surface area contributed by atoms with E-state index in [2.05, 4.69) is 15.5 Å². The number of urea groups is 1. The number of hydrogen-bond acceptors (Lipinski definition) is 4. The lowest BCUT2D eigenvalue weighted by Crippen LogP contribution is -2.57. The monoisotopic (exact) mass is 454 g/mol. The second-order valence-electron chi connectivity index (χ2n) is 8.67. The van der Waals surface area contributed by atoms with Crippen LogP contribution in [-0.2, 0) is 4.79 Å². The van der Waals surface area contributed by atoms with Gasteiger partial charge in [0.05, 0.1) is 13.2 Å². The summed E-state index contributed by atoms with van der Waals surface area (Å²) in [6.07, 6.45) is 4.39. The summed E-state index contributed by atoms with van der Waals surface area (Å²) in [4.78, 5) is 29.9. The van der Waals surface area contributed by atoms with Gasteiger partial charge in [0.1, 0.15) is 11.6 Å². The molecule has 2 aromatic carbocycles. The lowest BCUT2D eigenvalue weighted by atomic mass is 9.95. The molecule has 3 amide bonds. The van der Waals surface area contributed by atoms with Crippen molar-refractivity contribution in [1.82, 2.24) is 9.80 Å². The van der Waals surface area contributed by atoms with Crippen LogP contribution in [-0.4, -0.2) is 61.1 Å². The number of nitrogens with zero attached hydrogens (tertiary/aromatic N) is 2. The van der Waals surface area contributed by atoms with Gasteiger partial charge in [-0.3, -0.25) is 9.69 Å². The molecule has 1 unspecified atom stereocenters. The summed E-state index contributed by atoms with van der Waals surface area (Å²) in [6, 6.07) is 12.7. The molecular formula is C25H31FN4O3. The Morgan fingerprint density at radius 1 is 0.909 bits per heavy atom. The molecule has 0 aromatic heterocycles. The van der Waals surface area contributed by atoms with Crippen molar-refractivity contribution in [3.63, 3.8) is 0 Å². The summed E-state index contributed by atoms with van der Waals surface area (Å²) < 4.78 is 18.3. The first-order valence-electron chi connectivity index (χ1n) is 11.5. The predicted molar refractivity (Wildman–Crippen MR) is 126 cm³/mol. The highest BCUT2D eigenvalue weighted by Gasteiger charge is 2.37. The first kappa shape index (κ1) is 23.0. The Balaban J connectivity index is 1.37. The average molecular weight is 455 g/mol. The molecule has 0 spiro atoms. The second-order valence-corrected chi connectivity index (χ2v) is 8.67. The van der Waals surface area contributed by atoms with Crippen LogP contribution in [0.5, 0.6) is 5.75 Å². The van der Waals surface area contributed by atoms with E-state index in [0.29, 0.717) is 37.8 Å². The predicted octanol–water partition coefficient (Wildman–Crippen LogP) is 4.18. The van der Waals surface area contributed by atoms with E-state index in [1.165, 1.54) is 12.1 Å². The highest BCUT2D eigenvalue weighted by molar-refractivity contribution is 5.95. The van der Waals surface area contributed by atoms with Crippen molar-refractivity contribution in [1.29, 1.82) is 0 Å². The Kier molecular flexibility index (Phi) is 7.44. The molecule has 176 valence electrons. The van der Waals surface area contributed by atoms with Crippen LogP contribution in [0.15, 0.2) is 48.5 Å². The van der Waals surface area contributed by atoms with Crippen molar-refractivity contribution < 1.29 is 18.7 Å². The number of carbonyl (C=O) groups is 2. The van der Waals surface area contributed by atoms with Crippen LogP contribution >= 0.6 is 0 Å². The van der Waals surface area contributed by atoms with Crippen molar-refractivity contribution in [3.8, 4) is 5.75 Å². The number of hydrogen-bond donors (Lipinski definition) is 2. The van der Waals surface area contributed by atoms with Gasteiger partial charge >= 0.3 is 6.03 Å². The molecule has 1 atom stereocenters. The zero-order chi connectivity index (χ0) is 23.2. The summed E-state index contributed by atoms with van der Waals surface area (Å²) in [5, 5.41) is 5.89. The van der Waals surface area contributed by atoms with Crippen molar-refractivity contribution >= 4 is 23.3 Å². The molecule has 1 aliphatic heterocycles. The molecule has 0 radical (unpaired) electrons. The van der Waals surface area contributed by atoms with Crippen LogP contribution in [0, 0.1) is 11.7 Å². The maximum atomic E-state index is 13.3. The van der Waals surface area contributed by atoms with E-state index in [4.69, 9.17) is 4.74 Å². The molecule has 1 saturated heterocycles. The van der Waals surface area contributed by atoms with Gasteiger partial charge in [0, 0.05) is 37.6 Å². The SMILES string of the molecule is COc1ccc(NC(=O)C(C2CCCC2)N2CCN(C(=O)Nc3ccc(F)cc3)CC2)cc1. The van der Waals surface area contributed by atoms with Crippen LogP contribution in [0.25, 0.3) is 0 Å². The third kappa shape index (κ3) is 5.82. The molecule has 2 aliphatic rings. The second kappa shape index (κ2) is 10.7. The number of carbonyl (C=O) groups excluding carboxylic acids is 2. The smallest absolute Gasteiger partial charge is 0.321 e. The molecule has 2 N–H and O–H groups in total. The number of ether oxygens (including phenoxy) is 1. The number of benzene rings is 2. The molecule has 1 heterocycles. The fraction of sp³-hybridized carbons (Fsp3) is 0.440. The van der Waals surface area contributed by atoms with E-state index < -0.39 is 0 Å². The topological polar surface area (TPSA) is 73.9 Å². The molecule has 0 bridgehead atoms. The molecule has 1 saturated carbocycles. The van der Waals surface area contributed by atoms with Crippen LogP contribution in [0.2, 0.25) is 0 Å². The Morgan fingerprint density at radius 3 is 2.09 bits per heavy atom. The molecule has 4 rings (SSSR count). The first-order valence-corrected chi connectivity index (χ1v) is 11.5. The number of anilines is 2. The van der Waals surface area contributed by atoms with Gasteiger partial charge in [0.15, 0.2) is 0 Å². The van der Waals surface area contributed by atoms with Crippen LogP contribution in [0.3, 0.4) is 0 Å². The van der Waals surface area contributed by atoms with Crippen molar-refractivity contribution in [3.05, 3.63) is 54.3 Å². The minimum atomic E-state index is -0.340. The lowest BCUT2D eigenvalue weighted by molar-refractivity contribution is -0.123. The van der Waals surface area contributed by atoms with Gasteiger partial charge in [-0.15, -0.1) is 0 Å². The fourth-order valence-electron chi connectivity index (χ4n) is 4.78. The Bertz CT molecular complexity index is 937. The van der Waals surface area contributed by atoms with Crippen LogP contribution < -0.4 is 15.4 Å². The van der Waals surface area contributed by atoms with Gasteiger partial charge in [0.25, 0.3) is 0 Å². The highest BCUT2D eigenvalue weighted by atomic mass is 19.1. The third-order valence-corrected chi connectivity index (χ3v) is 6.56. The number of rotatable bonds is 6. The maximum Gasteiger partial charge on any atom is 0.321 e. The largest absolute Gasteiger partial charge is 0.497 e. The Morgan fingerprint density at radius 2 is 1.48 bits per heavy atom. The average Bonchev–Trinajstić information content (AvgIpc) is 3.36. The van der Waals surface area contributed by atoms with E-state index in [1.54, 1.807) is 24.1 Å². The number of amides is 3. The van der Waals surface area contributed by atoms with Crippen molar-refractivity contribution in [2.45, 2.75) is 31.7 Å². The van der Waals surface area contributed by atoms with E-state index in [0.717, 1.165) is 37.1 Å². The van der Waals surface area contributed by atoms with Crippen molar-refractivity contribution in [2.24, 2.45) is 5.92 Å². The highest BCUT2D eigenvalue weighted by Crippen LogP contribution is 2.32. The van der Waals surface area contributed by atoms with Crippen LogP contribution in [0.1, 0.15) is 25.7 Å². The van der Waals surface area contributed by atoms with E-state index in [1.807, 2.05) is 24.3 Å². The third-order valence-electron chi connectivity index (χ3n) is 6.56. The number of nitrogens with one attached hydrogen (secondary N) is 2. The normalized spacial score (nSPS) is 18.1. The summed E-state index contributed by atoms with van der Waals surface area (Å²) >= 11 is 0. The van der Waals surface area contributed by atoms with Gasteiger partial charge in [-0.25, -0.2) is 9.18 Å². The molecule has 7 nitrogen and oxygen atoms in total. The van der Waals surface area contributed by atoms with E-state index >= 15 is 0 Å². The Labute approximate surface area is 193 Å². The molecule has 33 heavy (non-hydrogen) atoms. The molecule has 1 aliphatic carbocycles. The quantitative estimate of drug-likeness (QED) is 0.687. The van der Waals surface area contributed by atoms with Gasteiger partial charge in [-0.1, -0.05) is 12.8 Å². The fourth-order valence-corrected chi connectivity index (χ4v) is 4.78. The maximum absolute atomic E-state index is 13.3. The lowest BCUT2D eigenvalue weighted by Gasteiger charge is -2.40. The first-order chi connectivity index (χ1) is 16.0. The number of halogens is 1. The van der Waals surface area contributed by atoms with Gasteiger partial charge in [0.2, 0.25) is 5.91 Å². The van der Waals surface area contributed by atoms with E-state index in [-0.39, 0.29) is 23.8 Å². The number of methoxy groups -OCH3 is 1. The zero-order valence-corrected chi connectivity index (χ0v) is 18.9. The molecule has 2 fully saturated rings. The minimum absolute atomic E-state index is 0.0104. The van der Waals surface area contributed by atoms with Gasteiger partial charge in [-0.2, -0.15) is 0 Å².